The van der Waals surface area contributed by atoms with Gasteiger partial charge in [0.1, 0.15) is 11.8 Å². The van der Waals surface area contributed by atoms with Crippen molar-refractivity contribution in [1.82, 2.24) is 9.80 Å². The second kappa shape index (κ2) is 9.86. The third-order valence-electron chi connectivity index (χ3n) is 4.91. The second-order valence-electron chi connectivity index (χ2n) is 6.68. The number of piperazine rings is 1. The van der Waals surface area contributed by atoms with Crippen molar-refractivity contribution in [3.8, 4) is 5.75 Å². The zero-order chi connectivity index (χ0) is 21.7. The van der Waals surface area contributed by atoms with Gasteiger partial charge in [-0.3, -0.25) is 9.69 Å². The Bertz CT molecular complexity index is 887. The largest absolute Gasteiger partial charge is 0.468 e. The first kappa shape index (κ1) is 22.0. The van der Waals surface area contributed by atoms with Crippen molar-refractivity contribution >= 4 is 23.5 Å². The number of carbonyl (C=O) groups excluding carboxylic acids is 2. The lowest BCUT2D eigenvalue weighted by atomic mass is 10.0. The molecule has 1 atom stereocenters. The average Bonchev–Trinajstić information content (AvgIpc) is 2.75. The highest BCUT2D eigenvalue weighted by molar-refractivity contribution is 6.30. The fraction of sp³-hybridized carbons (Fsp3) is 0.333. The normalized spacial score (nSPS) is 15.7. The summed E-state index contributed by atoms with van der Waals surface area (Å²) in [5.74, 6) is -0.965. The van der Waals surface area contributed by atoms with E-state index in [0.29, 0.717) is 31.2 Å². The molecule has 1 saturated heterocycles. The summed E-state index contributed by atoms with van der Waals surface area (Å²) in [7, 11) is 1.32. The Balaban J connectivity index is 1.72. The standard InChI is InChI=1S/C21H21ClF2N2O4/c1-29-20(28)18(14-6-8-15(22)9-7-14)25-10-12-26(13-11-25)19(27)16-4-2-3-5-17(16)30-21(23)24/h2-9,18,21H,10-13H2,1H3/t18-/m1/s1. The molecule has 1 fully saturated rings. The molecule has 30 heavy (non-hydrogen) atoms. The molecular weight excluding hydrogens is 418 g/mol. The molecule has 3 rings (SSSR count). The lowest BCUT2D eigenvalue weighted by molar-refractivity contribution is -0.148. The Labute approximate surface area is 177 Å². The Kier molecular flexibility index (Phi) is 7.23. The highest BCUT2D eigenvalue weighted by atomic mass is 35.5. The van der Waals surface area contributed by atoms with Gasteiger partial charge in [0.25, 0.3) is 5.91 Å². The molecule has 0 aromatic heterocycles. The molecule has 160 valence electrons. The van der Waals surface area contributed by atoms with Gasteiger partial charge in [0.15, 0.2) is 0 Å². The molecule has 0 saturated carbocycles. The van der Waals surface area contributed by atoms with E-state index in [9.17, 15) is 18.4 Å². The van der Waals surface area contributed by atoms with Crippen molar-refractivity contribution in [2.75, 3.05) is 33.3 Å². The summed E-state index contributed by atoms with van der Waals surface area (Å²) >= 11 is 5.94. The number of alkyl halides is 2. The summed E-state index contributed by atoms with van der Waals surface area (Å²) < 4.78 is 34.7. The van der Waals surface area contributed by atoms with E-state index in [4.69, 9.17) is 16.3 Å². The number of rotatable bonds is 6. The predicted molar refractivity (Wildman–Crippen MR) is 107 cm³/mol. The van der Waals surface area contributed by atoms with Gasteiger partial charge in [0.05, 0.1) is 12.7 Å². The lowest BCUT2D eigenvalue weighted by Gasteiger charge is -2.38. The van der Waals surface area contributed by atoms with E-state index in [1.54, 1.807) is 35.2 Å². The fourth-order valence-electron chi connectivity index (χ4n) is 3.45. The zero-order valence-corrected chi connectivity index (χ0v) is 17.0. The molecule has 0 unspecified atom stereocenters. The number of para-hydroxylation sites is 1. The molecule has 0 aliphatic carbocycles. The van der Waals surface area contributed by atoms with E-state index >= 15 is 0 Å². The summed E-state index contributed by atoms with van der Waals surface area (Å²) in [4.78, 5) is 28.7. The van der Waals surface area contributed by atoms with Crippen LogP contribution in [-0.2, 0) is 9.53 Å². The van der Waals surface area contributed by atoms with Gasteiger partial charge >= 0.3 is 12.6 Å². The van der Waals surface area contributed by atoms with E-state index in [1.165, 1.54) is 25.3 Å². The van der Waals surface area contributed by atoms with Crippen LogP contribution >= 0.6 is 11.6 Å². The molecule has 1 heterocycles. The molecular formula is C21H21ClF2N2O4. The van der Waals surface area contributed by atoms with E-state index in [2.05, 4.69) is 4.74 Å². The van der Waals surface area contributed by atoms with E-state index in [1.807, 2.05) is 4.90 Å². The maximum atomic E-state index is 12.9. The molecule has 1 aliphatic rings. The molecule has 2 aromatic rings. The molecule has 0 bridgehead atoms. The maximum absolute atomic E-state index is 12.9. The Morgan fingerprint density at radius 1 is 1.00 bits per heavy atom. The number of amides is 1. The van der Waals surface area contributed by atoms with Gasteiger partial charge in [-0.25, -0.2) is 4.79 Å². The van der Waals surface area contributed by atoms with E-state index in [-0.39, 0.29) is 11.3 Å². The maximum Gasteiger partial charge on any atom is 0.387 e. The van der Waals surface area contributed by atoms with Gasteiger partial charge in [-0.05, 0) is 29.8 Å². The molecule has 0 radical (unpaired) electrons. The number of hydrogen-bond donors (Lipinski definition) is 0. The fourth-order valence-corrected chi connectivity index (χ4v) is 3.57. The van der Waals surface area contributed by atoms with Crippen LogP contribution < -0.4 is 4.74 Å². The van der Waals surface area contributed by atoms with Crippen molar-refractivity contribution < 1.29 is 27.8 Å². The number of nitrogens with zero attached hydrogens (tertiary/aromatic N) is 2. The van der Waals surface area contributed by atoms with Gasteiger partial charge in [0, 0.05) is 31.2 Å². The molecule has 2 aromatic carbocycles. The quantitative estimate of drug-likeness (QED) is 0.645. The monoisotopic (exact) mass is 438 g/mol. The molecule has 0 spiro atoms. The van der Waals surface area contributed by atoms with Crippen LogP contribution in [0.1, 0.15) is 22.0 Å². The number of carbonyl (C=O) groups is 2. The van der Waals surface area contributed by atoms with Crippen LogP contribution in [0.4, 0.5) is 8.78 Å². The molecule has 1 amide bonds. The van der Waals surface area contributed by atoms with Crippen molar-refractivity contribution in [3.05, 3.63) is 64.7 Å². The molecule has 9 heteroatoms. The second-order valence-corrected chi connectivity index (χ2v) is 7.12. The minimum absolute atomic E-state index is 0.0773. The van der Waals surface area contributed by atoms with Crippen LogP contribution in [0.3, 0.4) is 0 Å². The smallest absolute Gasteiger partial charge is 0.387 e. The topological polar surface area (TPSA) is 59.1 Å². The van der Waals surface area contributed by atoms with Gasteiger partial charge in [0.2, 0.25) is 0 Å². The summed E-state index contributed by atoms with van der Waals surface area (Å²) in [6, 6.07) is 12.2. The number of ether oxygens (including phenoxy) is 2. The highest BCUT2D eigenvalue weighted by Crippen LogP contribution is 2.27. The van der Waals surface area contributed by atoms with Crippen molar-refractivity contribution in [3.63, 3.8) is 0 Å². The van der Waals surface area contributed by atoms with Crippen molar-refractivity contribution in [2.45, 2.75) is 12.7 Å². The zero-order valence-electron chi connectivity index (χ0n) is 16.3. The number of methoxy groups -OCH3 is 1. The van der Waals surface area contributed by atoms with Crippen molar-refractivity contribution in [1.29, 1.82) is 0 Å². The number of esters is 1. The van der Waals surface area contributed by atoms with E-state index < -0.39 is 24.5 Å². The first-order valence-electron chi connectivity index (χ1n) is 9.31. The SMILES string of the molecule is COC(=O)[C@@H](c1ccc(Cl)cc1)N1CCN(C(=O)c2ccccc2OC(F)F)CC1. The van der Waals surface area contributed by atoms with Crippen LogP contribution in [-0.4, -0.2) is 61.6 Å². The van der Waals surface area contributed by atoms with Gasteiger partial charge in [-0.1, -0.05) is 35.9 Å². The Morgan fingerprint density at radius 3 is 2.23 bits per heavy atom. The molecule has 6 nitrogen and oxygen atoms in total. The summed E-state index contributed by atoms with van der Waals surface area (Å²) in [5.41, 5.74) is 0.815. The number of benzene rings is 2. The Morgan fingerprint density at radius 2 is 1.63 bits per heavy atom. The molecule has 1 aliphatic heterocycles. The summed E-state index contributed by atoms with van der Waals surface area (Å²) in [5, 5.41) is 0.558. The highest BCUT2D eigenvalue weighted by Gasteiger charge is 2.33. The number of hydrogen-bond acceptors (Lipinski definition) is 5. The van der Waals surface area contributed by atoms with Gasteiger partial charge < -0.3 is 14.4 Å². The van der Waals surface area contributed by atoms with Crippen LogP contribution in [0.25, 0.3) is 0 Å². The average molecular weight is 439 g/mol. The first-order chi connectivity index (χ1) is 14.4. The summed E-state index contributed by atoms with van der Waals surface area (Å²) in [6.45, 7) is -1.56. The molecule has 0 N–H and O–H groups in total. The lowest BCUT2D eigenvalue weighted by Crippen LogP contribution is -2.51. The van der Waals surface area contributed by atoms with Crippen LogP contribution in [0, 0.1) is 0 Å². The number of halogens is 3. The van der Waals surface area contributed by atoms with E-state index in [0.717, 1.165) is 5.56 Å². The van der Waals surface area contributed by atoms with Crippen LogP contribution in [0.2, 0.25) is 5.02 Å². The van der Waals surface area contributed by atoms with Gasteiger partial charge in [-0.2, -0.15) is 8.78 Å². The van der Waals surface area contributed by atoms with Gasteiger partial charge in [-0.15, -0.1) is 0 Å². The van der Waals surface area contributed by atoms with Crippen LogP contribution in [0.15, 0.2) is 48.5 Å². The summed E-state index contributed by atoms with van der Waals surface area (Å²) in [6.07, 6.45) is 0. The predicted octanol–water partition coefficient (Wildman–Crippen LogP) is 3.61. The third kappa shape index (κ3) is 5.06. The van der Waals surface area contributed by atoms with Crippen molar-refractivity contribution in [2.24, 2.45) is 0 Å². The minimum atomic E-state index is -3.02. The third-order valence-corrected chi connectivity index (χ3v) is 5.16. The first-order valence-corrected chi connectivity index (χ1v) is 9.69. The minimum Gasteiger partial charge on any atom is -0.468 e. The Hall–Kier alpha value is -2.71. The van der Waals surface area contributed by atoms with Crippen LogP contribution in [0.5, 0.6) is 5.75 Å².